The van der Waals surface area contributed by atoms with Gasteiger partial charge in [0, 0.05) is 37.6 Å². The van der Waals surface area contributed by atoms with Gasteiger partial charge in [-0.15, -0.1) is 0 Å². The highest BCUT2D eigenvalue weighted by Gasteiger charge is 2.19. The van der Waals surface area contributed by atoms with Crippen LogP contribution in [0.4, 0.5) is 17.3 Å². The molecule has 0 bridgehead atoms. The van der Waals surface area contributed by atoms with E-state index in [0.29, 0.717) is 34.8 Å². The molecule has 40 heavy (non-hydrogen) atoms. The Balaban J connectivity index is 1.46. The lowest BCUT2D eigenvalue weighted by atomic mass is 10.0. The lowest BCUT2D eigenvalue weighted by Gasteiger charge is -2.29. The number of amides is 1. The van der Waals surface area contributed by atoms with E-state index in [1.54, 1.807) is 25.4 Å². The molecule has 1 saturated heterocycles. The van der Waals surface area contributed by atoms with E-state index in [-0.39, 0.29) is 5.91 Å². The van der Waals surface area contributed by atoms with Crippen molar-refractivity contribution in [2.75, 3.05) is 35.7 Å². The molecule has 0 spiro atoms. The van der Waals surface area contributed by atoms with Crippen molar-refractivity contribution in [3.8, 4) is 22.9 Å². The third-order valence-electron chi connectivity index (χ3n) is 7.18. The van der Waals surface area contributed by atoms with Crippen LogP contribution in [0.3, 0.4) is 0 Å². The van der Waals surface area contributed by atoms with Gasteiger partial charge in [0.2, 0.25) is 11.8 Å². The van der Waals surface area contributed by atoms with Gasteiger partial charge in [-0.05, 0) is 79.6 Å². The largest absolute Gasteiger partial charge is 0.438 e. The minimum atomic E-state index is -0.200. The normalized spacial score (nSPS) is 13.3. The summed E-state index contributed by atoms with van der Waals surface area (Å²) >= 11 is 0. The van der Waals surface area contributed by atoms with E-state index >= 15 is 0 Å². The first-order valence-electron chi connectivity index (χ1n) is 13.9. The summed E-state index contributed by atoms with van der Waals surface area (Å²) in [6.45, 7) is 8.22. The van der Waals surface area contributed by atoms with Crippen molar-refractivity contribution in [2.45, 2.75) is 46.0 Å². The average molecular weight is 537 g/mol. The average Bonchev–Trinajstić information content (AvgIpc) is 2.99. The highest BCUT2D eigenvalue weighted by molar-refractivity contribution is 6.04. The molecule has 0 saturated carbocycles. The zero-order chi connectivity index (χ0) is 28.1. The number of nitrogens with zero attached hydrogens (tertiary/aromatic N) is 4. The summed E-state index contributed by atoms with van der Waals surface area (Å²) in [5.74, 6) is 1.67. The topological polar surface area (TPSA) is 92.3 Å². The van der Waals surface area contributed by atoms with Crippen LogP contribution in [0.2, 0.25) is 0 Å². The second-order valence-electron chi connectivity index (χ2n) is 10.4. The number of nitrogens with one attached hydrogen (secondary N) is 2. The third kappa shape index (κ3) is 6.22. The van der Waals surface area contributed by atoms with Crippen molar-refractivity contribution < 1.29 is 9.53 Å². The molecular formula is C32H36N6O2. The van der Waals surface area contributed by atoms with Crippen LogP contribution >= 0.6 is 0 Å². The van der Waals surface area contributed by atoms with Crippen molar-refractivity contribution in [1.82, 2.24) is 15.0 Å². The van der Waals surface area contributed by atoms with Crippen molar-refractivity contribution in [3.05, 3.63) is 83.7 Å². The van der Waals surface area contributed by atoms with Crippen LogP contribution in [0.5, 0.6) is 11.6 Å². The van der Waals surface area contributed by atoms with Crippen molar-refractivity contribution >= 4 is 23.2 Å². The van der Waals surface area contributed by atoms with E-state index in [4.69, 9.17) is 9.72 Å². The molecule has 2 aromatic heterocycles. The number of aryl methyl sites for hydroxylation is 1. The van der Waals surface area contributed by atoms with E-state index in [2.05, 4.69) is 51.5 Å². The van der Waals surface area contributed by atoms with Crippen LogP contribution in [0.1, 0.15) is 60.5 Å². The molecular weight excluding hydrogens is 500 g/mol. The summed E-state index contributed by atoms with van der Waals surface area (Å²) in [4.78, 5) is 29.2. The van der Waals surface area contributed by atoms with Gasteiger partial charge >= 0.3 is 0 Å². The number of rotatable bonds is 8. The first-order chi connectivity index (χ1) is 19.4. The second kappa shape index (κ2) is 12.2. The molecule has 0 unspecified atom stereocenters. The molecule has 8 heteroatoms. The van der Waals surface area contributed by atoms with Crippen LogP contribution in [0.25, 0.3) is 11.3 Å². The smallest absolute Gasteiger partial charge is 0.255 e. The number of anilines is 3. The van der Waals surface area contributed by atoms with Crippen LogP contribution in [0.15, 0.2) is 67.0 Å². The highest BCUT2D eigenvalue weighted by Crippen LogP contribution is 2.36. The van der Waals surface area contributed by atoms with E-state index in [9.17, 15) is 4.79 Å². The van der Waals surface area contributed by atoms with E-state index in [0.717, 1.165) is 35.6 Å². The van der Waals surface area contributed by atoms with Crippen LogP contribution in [-0.4, -0.2) is 41.0 Å². The number of pyridine rings is 1. The first-order valence-corrected chi connectivity index (χ1v) is 13.9. The molecule has 3 heterocycles. The zero-order valence-electron chi connectivity index (χ0n) is 23.6. The van der Waals surface area contributed by atoms with Gasteiger partial charge in [-0.3, -0.25) is 4.79 Å². The van der Waals surface area contributed by atoms with Crippen molar-refractivity contribution in [3.63, 3.8) is 0 Å². The lowest BCUT2D eigenvalue weighted by molar-refractivity contribution is 0.102. The van der Waals surface area contributed by atoms with Gasteiger partial charge in [0.15, 0.2) is 0 Å². The standard InChI is InChI=1S/C32H36N6O2/c1-21(2)23-9-8-10-25(17-23)36-30(39)24-12-11-22(3)29(18-24)40-31-27(28-13-14-34-32(33-4)37-28)19-26(20-35-31)38-15-6-5-7-16-38/h8-14,17-21H,5-7,15-16H2,1-4H3,(H,36,39)(H,33,34,37). The molecule has 0 aliphatic carbocycles. The molecule has 2 aromatic carbocycles. The molecule has 1 aliphatic heterocycles. The fraction of sp³-hybridized carbons (Fsp3) is 0.312. The Morgan fingerprint density at radius 2 is 1.82 bits per heavy atom. The Hall–Kier alpha value is -4.46. The van der Waals surface area contributed by atoms with Gasteiger partial charge in [-0.2, -0.15) is 0 Å². The van der Waals surface area contributed by atoms with Crippen LogP contribution in [-0.2, 0) is 0 Å². The molecule has 5 rings (SSSR count). The number of carbonyl (C=O) groups is 1. The summed E-state index contributed by atoms with van der Waals surface area (Å²) in [5.41, 5.74) is 5.84. The zero-order valence-corrected chi connectivity index (χ0v) is 23.6. The van der Waals surface area contributed by atoms with Crippen molar-refractivity contribution in [2.24, 2.45) is 0 Å². The third-order valence-corrected chi connectivity index (χ3v) is 7.18. The van der Waals surface area contributed by atoms with Gasteiger partial charge in [0.1, 0.15) is 5.75 Å². The molecule has 1 aliphatic rings. The number of aromatic nitrogens is 3. The van der Waals surface area contributed by atoms with Crippen LogP contribution < -0.4 is 20.3 Å². The van der Waals surface area contributed by atoms with E-state index in [1.807, 2.05) is 43.5 Å². The first kappa shape index (κ1) is 27.1. The maximum Gasteiger partial charge on any atom is 0.255 e. The molecule has 4 aromatic rings. The number of ether oxygens (including phenoxy) is 1. The van der Waals surface area contributed by atoms with E-state index in [1.165, 1.54) is 24.8 Å². The van der Waals surface area contributed by atoms with Gasteiger partial charge in [0.25, 0.3) is 5.91 Å². The number of piperidine rings is 1. The Kier molecular flexibility index (Phi) is 8.24. The van der Waals surface area contributed by atoms with Crippen LogP contribution in [0, 0.1) is 6.92 Å². The SMILES string of the molecule is CNc1nccc(-c2cc(N3CCCCC3)cnc2Oc2cc(C(=O)Nc3cccc(C(C)C)c3)ccc2C)n1. The fourth-order valence-electron chi connectivity index (χ4n) is 4.79. The summed E-state index contributed by atoms with van der Waals surface area (Å²) in [5, 5.41) is 6.02. The predicted octanol–water partition coefficient (Wildman–Crippen LogP) is 7.05. The maximum absolute atomic E-state index is 13.2. The van der Waals surface area contributed by atoms with E-state index < -0.39 is 0 Å². The molecule has 1 fully saturated rings. The minimum Gasteiger partial charge on any atom is -0.438 e. The molecule has 1 amide bonds. The van der Waals surface area contributed by atoms with Gasteiger partial charge in [-0.25, -0.2) is 15.0 Å². The summed E-state index contributed by atoms with van der Waals surface area (Å²) in [6.07, 6.45) is 7.16. The maximum atomic E-state index is 13.2. The Morgan fingerprint density at radius 3 is 2.60 bits per heavy atom. The minimum absolute atomic E-state index is 0.200. The predicted molar refractivity (Wildman–Crippen MR) is 161 cm³/mol. The fourth-order valence-corrected chi connectivity index (χ4v) is 4.79. The summed E-state index contributed by atoms with van der Waals surface area (Å²) in [7, 11) is 1.79. The Labute approximate surface area is 235 Å². The monoisotopic (exact) mass is 536 g/mol. The van der Waals surface area contributed by atoms with Gasteiger partial charge in [0.05, 0.1) is 23.1 Å². The lowest BCUT2D eigenvalue weighted by Crippen LogP contribution is -2.29. The number of carbonyl (C=O) groups excluding carboxylic acids is 1. The van der Waals surface area contributed by atoms with Crippen molar-refractivity contribution in [1.29, 1.82) is 0 Å². The second-order valence-corrected chi connectivity index (χ2v) is 10.4. The summed E-state index contributed by atoms with van der Waals surface area (Å²) in [6, 6.07) is 17.3. The van der Waals surface area contributed by atoms with Gasteiger partial charge in [-0.1, -0.05) is 32.0 Å². The molecule has 206 valence electrons. The highest BCUT2D eigenvalue weighted by atomic mass is 16.5. The molecule has 0 radical (unpaired) electrons. The molecule has 0 atom stereocenters. The Bertz CT molecular complexity index is 1500. The number of benzene rings is 2. The Morgan fingerprint density at radius 1 is 1.00 bits per heavy atom. The number of hydrogen-bond donors (Lipinski definition) is 2. The quantitative estimate of drug-likeness (QED) is 0.249. The van der Waals surface area contributed by atoms with Gasteiger partial charge < -0.3 is 20.3 Å². The molecule has 8 nitrogen and oxygen atoms in total. The summed E-state index contributed by atoms with van der Waals surface area (Å²) < 4.78 is 6.41. The molecule has 2 N–H and O–H groups in total. The number of hydrogen-bond acceptors (Lipinski definition) is 7.